The van der Waals surface area contributed by atoms with E-state index in [1.165, 1.54) is 0 Å². The van der Waals surface area contributed by atoms with Gasteiger partial charge in [0, 0.05) is 44.7 Å². The molecule has 5 nitrogen and oxygen atoms in total. The van der Waals surface area contributed by atoms with Gasteiger partial charge in [-0.1, -0.05) is 13.8 Å². The van der Waals surface area contributed by atoms with Gasteiger partial charge >= 0.3 is 0 Å². The molecule has 0 spiro atoms. The van der Waals surface area contributed by atoms with Gasteiger partial charge in [0.2, 0.25) is 5.89 Å². The fourth-order valence-electron chi connectivity index (χ4n) is 2.73. The molecule has 1 aromatic rings. The SMILES string of the molecule is CCOCCN1CCN(Cc2ncc(C(C)C)o2)CC1C. The second kappa shape index (κ2) is 7.92. The van der Waals surface area contributed by atoms with Crippen LogP contribution in [0, 0.1) is 0 Å². The number of ether oxygens (including phenoxy) is 1. The standard InChI is InChI=1S/C16H29N3O2/c1-5-20-9-8-19-7-6-18(11-14(19)4)12-16-17-10-15(21-16)13(2)3/h10,13-14H,5-9,11-12H2,1-4H3. The Morgan fingerprint density at radius 1 is 1.43 bits per heavy atom. The highest BCUT2D eigenvalue weighted by Gasteiger charge is 2.24. The van der Waals surface area contributed by atoms with Crippen LogP contribution in [-0.2, 0) is 11.3 Å². The van der Waals surface area contributed by atoms with Crippen LogP contribution < -0.4 is 0 Å². The number of rotatable bonds is 7. The van der Waals surface area contributed by atoms with Crippen LogP contribution in [0.2, 0.25) is 0 Å². The zero-order chi connectivity index (χ0) is 15.2. The molecule has 1 unspecified atom stereocenters. The first kappa shape index (κ1) is 16.5. The second-order valence-electron chi connectivity index (χ2n) is 6.13. The molecule has 1 aromatic heterocycles. The predicted molar refractivity (Wildman–Crippen MR) is 83.4 cm³/mol. The third-order valence-corrected chi connectivity index (χ3v) is 4.08. The van der Waals surface area contributed by atoms with Gasteiger partial charge in [0.15, 0.2) is 0 Å². The van der Waals surface area contributed by atoms with E-state index in [2.05, 4.69) is 35.6 Å². The Morgan fingerprint density at radius 2 is 2.24 bits per heavy atom. The Hall–Kier alpha value is -0.910. The minimum Gasteiger partial charge on any atom is -0.444 e. The first-order valence-corrected chi connectivity index (χ1v) is 8.09. The van der Waals surface area contributed by atoms with Crippen LogP contribution in [0.3, 0.4) is 0 Å². The van der Waals surface area contributed by atoms with Crippen molar-refractivity contribution in [3.63, 3.8) is 0 Å². The van der Waals surface area contributed by atoms with E-state index >= 15 is 0 Å². The van der Waals surface area contributed by atoms with Crippen molar-refractivity contribution in [3.8, 4) is 0 Å². The fourth-order valence-corrected chi connectivity index (χ4v) is 2.73. The van der Waals surface area contributed by atoms with Gasteiger partial charge in [0.25, 0.3) is 0 Å². The third kappa shape index (κ3) is 4.80. The van der Waals surface area contributed by atoms with Crippen LogP contribution in [0.4, 0.5) is 0 Å². The van der Waals surface area contributed by atoms with Crippen molar-refractivity contribution < 1.29 is 9.15 Å². The molecule has 0 saturated carbocycles. The zero-order valence-electron chi connectivity index (χ0n) is 13.8. The fraction of sp³-hybridized carbons (Fsp3) is 0.812. The van der Waals surface area contributed by atoms with E-state index in [1.54, 1.807) is 0 Å². The molecule has 21 heavy (non-hydrogen) atoms. The average Bonchev–Trinajstić information content (AvgIpc) is 2.90. The maximum atomic E-state index is 5.80. The Kier molecular flexibility index (Phi) is 6.21. The Bertz CT molecular complexity index is 419. The van der Waals surface area contributed by atoms with E-state index in [1.807, 2.05) is 13.1 Å². The summed E-state index contributed by atoms with van der Waals surface area (Å²) in [5, 5.41) is 0. The summed E-state index contributed by atoms with van der Waals surface area (Å²) < 4.78 is 11.3. The van der Waals surface area contributed by atoms with Gasteiger partial charge in [0.05, 0.1) is 19.3 Å². The normalized spacial score (nSPS) is 21.3. The van der Waals surface area contributed by atoms with Crippen molar-refractivity contribution in [1.82, 2.24) is 14.8 Å². The highest BCUT2D eigenvalue weighted by Crippen LogP contribution is 2.17. The first-order valence-electron chi connectivity index (χ1n) is 8.09. The molecule has 0 radical (unpaired) electrons. The molecule has 1 fully saturated rings. The molecule has 2 heterocycles. The van der Waals surface area contributed by atoms with Crippen molar-refractivity contribution in [3.05, 3.63) is 17.8 Å². The summed E-state index contributed by atoms with van der Waals surface area (Å²) in [6.07, 6.45) is 1.86. The predicted octanol–water partition coefficient (Wildman–Crippen LogP) is 2.34. The summed E-state index contributed by atoms with van der Waals surface area (Å²) in [6, 6.07) is 0.554. The van der Waals surface area contributed by atoms with E-state index in [-0.39, 0.29) is 0 Å². The van der Waals surface area contributed by atoms with Gasteiger partial charge in [-0.15, -0.1) is 0 Å². The molecule has 5 heteroatoms. The summed E-state index contributed by atoms with van der Waals surface area (Å²) in [4.78, 5) is 9.32. The maximum absolute atomic E-state index is 5.80. The smallest absolute Gasteiger partial charge is 0.208 e. The summed E-state index contributed by atoms with van der Waals surface area (Å²) >= 11 is 0. The van der Waals surface area contributed by atoms with Crippen LogP contribution >= 0.6 is 0 Å². The monoisotopic (exact) mass is 295 g/mol. The van der Waals surface area contributed by atoms with E-state index in [4.69, 9.17) is 9.15 Å². The van der Waals surface area contributed by atoms with Crippen molar-refractivity contribution in [1.29, 1.82) is 0 Å². The number of nitrogens with zero attached hydrogens (tertiary/aromatic N) is 3. The lowest BCUT2D eigenvalue weighted by Crippen LogP contribution is -2.52. The highest BCUT2D eigenvalue weighted by molar-refractivity contribution is 4.99. The lowest BCUT2D eigenvalue weighted by molar-refractivity contribution is 0.0435. The first-order chi connectivity index (χ1) is 10.1. The molecule has 1 atom stereocenters. The molecule has 0 amide bonds. The minimum absolute atomic E-state index is 0.403. The van der Waals surface area contributed by atoms with Gasteiger partial charge < -0.3 is 9.15 Å². The van der Waals surface area contributed by atoms with E-state index < -0.39 is 0 Å². The van der Waals surface area contributed by atoms with Gasteiger partial charge in [-0.3, -0.25) is 9.80 Å². The number of piperazine rings is 1. The number of aromatic nitrogens is 1. The van der Waals surface area contributed by atoms with Crippen molar-refractivity contribution in [2.75, 3.05) is 39.4 Å². The van der Waals surface area contributed by atoms with Crippen molar-refractivity contribution >= 4 is 0 Å². The van der Waals surface area contributed by atoms with E-state index in [9.17, 15) is 0 Å². The number of hydrogen-bond donors (Lipinski definition) is 0. The molecular formula is C16H29N3O2. The Labute approximate surface area is 128 Å². The maximum Gasteiger partial charge on any atom is 0.208 e. The minimum atomic E-state index is 0.403. The molecule has 2 rings (SSSR count). The largest absolute Gasteiger partial charge is 0.444 e. The third-order valence-electron chi connectivity index (χ3n) is 4.08. The molecular weight excluding hydrogens is 266 g/mol. The summed E-state index contributed by atoms with van der Waals surface area (Å²) in [6.45, 7) is 15.3. The van der Waals surface area contributed by atoms with Crippen LogP contribution in [0.25, 0.3) is 0 Å². The van der Waals surface area contributed by atoms with Gasteiger partial charge in [-0.25, -0.2) is 4.98 Å². The molecule has 0 aromatic carbocycles. The van der Waals surface area contributed by atoms with Crippen LogP contribution in [0.1, 0.15) is 45.3 Å². The van der Waals surface area contributed by atoms with Crippen molar-refractivity contribution in [2.24, 2.45) is 0 Å². The van der Waals surface area contributed by atoms with E-state index in [0.29, 0.717) is 12.0 Å². The van der Waals surface area contributed by atoms with E-state index in [0.717, 1.165) is 57.6 Å². The summed E-state index contributed by atoms with van der Waals surface area (Å²) in [5.74, 6) is 2.22. The lowest BCUT2D eigenvalue weighted by Gasteiger charge is -2.39. The van der Waals surface area contributed by atoms with Gasteiger partial charge in [-0.2, -0.15) is 0 Å². The van der Waals surface area contributed by atoms with Crippen LogP contribution in [0.15, 0.2) is 10.6 Å². The lowest BCUT2D eigenvalue weighted by atomic mass is 10.2. The van der Waals surface area contributed by atoms with Gasteiger partial charge in [-0.05, 0) is 13.8 Å². The topological polar surface area (TPSA) is 41.7 Å². The average molecular weight is 295 g/mol. The molecule has 1 aliphatic rings. The molecule has 0 N–H and O–H groups in total. The second-order valence-corrected chi connectivity index (χ2v) is 6.13. The highest BCUT2D eigenvalue weighted by atomic mass is 16.5. The molecule has 1 aliphatic heterocycles. The quantitative estimate of drug-likeness (QED) is 0.722. The van der Waals surface area contributed by atoms with Gasteiger partial charge in [0.1, 0.15) is 5.76 Å². The molecule has 0 bridgehead atoms. The Balaban J connectivity index is 1.79. The summed E-state index contributed by atoms with van der Waals surface area (Å²) in [7, 11) is 0. The molecule has 120 valence electrons. The van der Waals surface area contributed by atoms with Crippen LogP contribution in [0.5, 0.6) is 0 Å². The molecule has 1 saturated heterocycles. The Morgan fingerprint density at radius 3 is 2.86 bits per heavy atom. The number of oxazole rings is 1. The van der Waals surface area contributed by atoms with Crippen molar-refractivity contribution in [2.45, 2.75) is 46.2 Å². The zero-order valence-corrected chi connectivity index (χ0v) is 13.8. The molecule has 0 aliphatic carbocycles. The van der Waals surface area contributed by atoms with Crippen LogP contribution in [-0.4, -0.2) is 60.2 Å². The summed E-state index contributed by atoms with van der Waals surface area (Å²) in [5.41, 5.74) is 0. The number of hydrogen-bond acceptors (Lipinski definition) is 5.